The summed E-state index contributed by atoms with van der Waals surface area (Å²) >= 11 is 0. The summed E-state index contributed by atoms with van der Waals surface area (Å²) in [5.41, 5.74) is 2.54. The quantitative estimate of drug-likeness (QED) is 0.689. The molecular weight excluding hydrogens is 304 g/mol. The normalized spacial score (nSPS) is 10.8. The summed E-state index contributed by atoms with van der Waals surface area (Å²) < 4.78 is 6.75. The molecule has 0 fully saturated rings. The van der Waals surface area contributed by atoms with Crippen LogP contribution in [0.4, 0.5) is 0 Å². The van der Waals surface area contributed by atoms with Crippen LogP contribution < -0.4 is 0 Å². The maximum Gasteiger partial charge on any atom is 0.340 e. The van der Waals surface area contributed by atoms with Gasteiger partial charge in [0.1, 0.15) is 6.07 Å². The van der Waals surface area contributed by atoms with E-state index < -0.39 is 5.97 Å². The van der Waals surface area contributed by atoms with E-state index >= 15 is 0 Å². The van der Waals surface area contributed by atoms with Crippen LogP contribution in [0.15, 0.2) is 42.6 Å². The highest BCUT2D eigenvalue weighted by molar-refractivity contribution is 6.03. The van der Waals surface area contributed by atoms with Crippen molar-refractivity contribution in [3.05, 3.63) is 48.2 Å². The van der Waals surface area contributed by atoms with Crippen LogP contribution in [0, 0.1) is 11.3 Å². The van der Waals surface area contributed by atoms with Crippen molar-refractivity contribution in [3.8, 4) is 17.3 Å². The molecule has 0 spiro atoms. The number of pyridine rings is 1. The molecule has 0 bridgehead atoms. The minimum atomic E-state index is -0.551. The molecule has 2 aromatic heterocycles. The SMILES string of the molecule is CC(C)n1ncc2c(C(=O)OCC#N)cc(-c3ccccc3)nc21. The number of aromatic nitrogens is 3. The molecule has 0 aliphatic heterocycles. The predicted octanol–water partition coefficient (Wildman–Crippen LogP) is 3.36. The fourth-order valence-corrected chi connectivity index (χ4v) is 2.50. The Morgan fingerprint density at radius 2 is 2.08 bits per heavy atom. The smallest absolute Gasteiger partial charge is 0.340 e. The second kappa shape index (κ2) is 6.50. The molecule has 0 aliphatic carbocycles. The van der Waals surface area contributed by atoms with Crippen molar-refractivity contribution in [3.63, 3.8) is 0 Å². The number of ether oxygens (including phenoxy) is 1. The van der Waals surface area contributed by atoms with Crippen molar-refractivity contribution >= 4 is 17.0 Å². The van der Waals surface area contributed by atoms with Gasteiger partial charge in [-0.05, 0) is 19.9 Å². The average molecular weight is 320 g/mol. The lowest BCUT2D eigenvalue weighted by atomic mass is 10.1. The van der Waals surface area contributed by atoms with Crippen molar-refractivity contribution in [2.45, 2.75) is 19.9 Å². The largest absolute Gasteiger partial charge is 0.447 e. The summed E-state index contributed by atoms with van der Waals surface area (Å²) in [6.07, 6.45) is 1.61. The van der Waals surface area contributed by atoms with Crippen molar-refractivity contribution in [2.24, 2.45) is 0 Å². The van der Waals surface area contributed by atoms with Crippen LogP contribution in [-0.2, 0) is 4.74 Å². The molecule has 0 unspecified atom stereocenters. The fraction of sp³-hybridized carbons (Fsp3) is 0.222. The first kappa shape index (κ1) is 15.7. The number of hydrogen-bond acceptors (Lipinski definition) is 5. The maximum atomic E-state index is 12.3. The van der Waals surface area contributed by atoms with E-state index in [1.165, 1.54) is 0 Å². The zero-order valence-corrected chi connectivity index (χ0v) is 13.4. The summed E-state index contributed by atoms with van der Waals surface area (Å²) in [4.78, 5) is 17.0. The van der Waals surface area contributed by atoms with E-state index in [2.05, 4.69) is 10.1 Å². The summed E-state index contributed by atoms with van der Waals surface area (Å²) in [6, 6.07) is 13.2. The molecule has 0 aliphatic rings. The molecule has 1 aromatic carbocycles. The molecule has 0 saturated carbocycles. The Morgan fingerprint density at radius 1 is 1.33 bits per heavy atom. The topological polar surface area (TPSA) is 80.8 Å². The zero-order chi connectivity index (χ0) is 17.1. The number of hydrogen-bond donors (Lipinski definition) is 0. The molecule has 24 heavy (non-hydrogen) atoms. The number of nitrogens with zero attached hydrogens (tertiary/aromatic N) is 4. The van der Waals surface area contributed by atoms with Gasteiger partial charge in [0.2, 0.25) is 0 Å². The van der Waals surface area contributed by atoms with E-state index in [1.807, 2.05) is 44.2 Å². The third-order valence-corrected chi connectivity index (χ3v) is 3.61. The first-order valence-electron chi connectivity index (χ1n) is 7.59. The Bertz CT molecular complexity index is 923. The van der Waals surface area contributed by atoms with Gasteiger partial charge in [0, 0.05) is 11.6 Å². The molecule has 3 aromatic rings. The van der Waals surface area contributed by atoms with Crippen LogP contribution in [0.25, 0.3) is 22.3 Å². The Labute approximate surface area is 139 Å². The van der Waals surface area contributed by atoms with Gasteiger partial charge in [0.25, 0.3) is 0 Å². The van der Waals surface area contributed by atoms with Gasteiger partial charge >= 0.3 is 5.97 Å². The number of carbonyl (C=O) groups excluding carboxylic acids is 1. The molecule has 2 heterocycles. The van der Waals surface area contributed by atoms with E-state index in [0.29, 0.717) is 22.3 Å². The Morgan fingerprint density at radius 3 is 2.75 bits per heavy atom. The van der Waals surface area contributed by atoms with Gasteiger partial charge < -0.3 is 4.74 Å². The number of fused-ring (bicyclic) bond motifs is 1. The van der Waals surface area contributed by atoms with E-state index in [1.54, 1.807) is 23.0 Å². The molecule has 0 amide bonds. The molecule has 0 radical (unpaired) electrons. The van der Waals surface area contributed by atoms with Gasteiger partial charge in [-0.15, -0.1) is 0 Å². The first-order valence-corrected chi connectivity index (χ1v) is 7.59. The maximum absolute atomic E-state index is 12.3. The van der Waals surface area contributed by atoms with Crippen LogP contribution in [0.5, 0.6) is 0 Å². The Kier molecular flexibility index (Phi) is 4.25. The van der Waals surface area contributed by atoms with Gasteiger partial charge in [-0.25, -0.2) is 14.5 Å². The minimum absolute atomic E-state index is 0.101. The third-order valence-electron chi connectivity index (χ3n) is 3.61. The van der Waals surface area contributed by atoms with Crippen LogP contribution in [0.1, 0.15) is 30.2 Å². The summed E-state index contributed by atoms with van der Waals surface area (Å²) in [5, 5.41) is 13.6. The Hall–Kier alpha value is -3.20. The molecule has 0 N–H and O–H groups in total. The monoisotopic (exact) mass is 320 g/mol. The van der Waals surface area contributed by atoms with Crippen molar-refractivity contribution in [1.82, 2.24) is 14.8 Å². The van der Waals surface area contributed by atoms with Gasteiger partial charge in [-0.2, -0.15) is 10.4 Å². The number of rotatable bonds is 4. The van der Waals surface area contributed by atoms with E-state index in [-0.39, 0.29) is 12.6 Å². The number of nitriles is 1. The van der Waals surface area contributed by atoms with E-state index in [4.69, 9.17) is 10.00 Å². The van der Waals surface area contributed by atoms with Crippen LogP contribution >= 0.6 is 0 Å². The standard InChI is InChI=1S/C18H16N4O2/c1-12(2)22-17-15(11-20-22)14(18(23)24-9-8-19)10-16(21-17)13-6-4-3-5-7-13/h3-7,10-12H,9H2,1-2H3. The van der Waals surface area contributed by atoms with Crippen LogP contribution in [0.3, 0.4) is 0 Å². The molecule has 3 rings (SSSR count). The van der Waals surface area contributed by atoms with E-state index in [9.17, 15) is 4.79 Å². The molecule has 6 nitrogen and oxygen atoms in total. The van der Waals surface area contributed by atoms with Crippen LogP contribution in [0.2, 0.25) is 0 Å². The highest BCUT2D eigenvalue weighted by Gasteiger charge is 2.19. The van der Waals surface area contributed by atoms with Crippen molar-refractivity contribution < 1.29 is 9.53 Å². The molecule has 0 atom stereocenters. The lowest BCUT2D eigenvalue weighted by Crippen LogP contribution is -2.08. The molecule has 120 valence electrons. The molecular formula is C18H16N4O2. The molecule has 0 saturated heterocycles. The fourth-order valence-electron chi connectivity index (χ4n) is 2.50. The van der Waals surface area contributed by atoms with E-state index in [0.717, 1.165) is 5.56 Å². The van der Waals surface area contributed by atoms with Gasteiger partial charge in [0.05, 0.1) is 22.8 Å². The highest BCUT2D eigenvalue weighted by atomic mass is 16.5. The van der Waals surface area contributed by atoms with Crippen LogP contribution in [-0.4, -0.2) is 27.3 Å². The Balaban J connectivity index is 2.22. The summed E-state index contributed by atoms with van der Waals surface area (Å²) in [5.74, 6) is -0.551. The summed E-state index contributed by atoms with van der Waals surface area (Å²) in [7, 11) is 0. The lowest BCUT2D eigenvalue weighted by Gasteiger charge is -2.10. The number of benzene rings is 1. The average Bonchev–Trinajstić information content (AvgIpc) is 3.03. The number of carbonyl (C=O) groups is 1. The van der Waals surface area contributed by atoms with Gasteiger partial charge in [0.15, 0.2) is 12.3 Å². The van der Waals surface area contributed by atoms with Gasteiger partial charge in [-0.3, -0.25) is 0 Å². The highest BCUT2D eigenvalue weighted by Crippen LogP contribution is 2.26. The second-order valence-corrected chi connectivity index (χ2v) is 5.58. The first-order chi connectivity index (χ1) is 11.6. The third kappa shape index (κ3) is 2.84. The molecule has 6 heteroatoms. The second-order valence-electron chi connectivity index (χ2n) is 5.58. The minimum Gasteiger partial charge on any atom is -0.447 e. The van der Waals surface area contributed by atoms with Gasteiger partial charge in [-0.1, -0.05) is 30.3 Å². The van der Waals surface area contributed by atoms with Crippen molar-refractivity contribution in [2.75, 3.05) is 6.61 Å². The zero-order valence-electron chi connectivity index (χ0n) is 13.4. The predicted molar refractivity (Wildman–Crippen MR) is 89.2 cm³/mol. The number of esters is 1. The van der Waals surface area contributed by atoms with Crippen molar-refractivity contribution in [1.29, 1.82) is 5.26 Å². The summed E-state index contributed by atoms with van der Waals surface area (Å²) in [6.45, 7) is 3.70. The lowest BCUT2D eigenvalue weighted by molar-refractivity contribution is 0.0557.